The Morgan fingerprint density at radius 2 is 1.87 bits per heavy atom. The molecule has 164 valence electrons. The molecule has 4 heteroatoms. The van der Waals surface area contributed by atoms with Crippen LogP contribution in [0.4, 0.5) is 5.69 Å². The maximum Gasteiger partial charge on any atom is 0.152 e. The van der Waals surface area contributed by atoms with Gasteiger partial charge in [-0.1, -0.05) is 25.1 Å². The van der Waals surface area contributed by atoms with E-state index in [1.54, 1.807) is 0 Å². The molecular weight excluding hydrogens is 386 g/mol. The number of hydrogen-bond acceptors (Lipinski definition) is 4. The number of ether oxygens (including phenoxy) is 1. The molecule has 2 fully saturated rings. The van der Waals surface area contributed by atoms with Crippen molar-refractivity contribution in [3.63, 3.8) is 0 Å². The van der Waals surface area contributed by atoms with Gasteiger partial charge in [-0.25, -0.2) is 0 Å². The van der Waals surface area contributed by atoms with E-state index in [2.05, 4.69) is 36.1 Å². The zero-order chi connectivity index (χ0) is 21.6. The first-order chi connectivity index (χ1) is 15.2. The van der Waals surface area contributed by atoms with Gasteiger partial charge in [-0.3, -0.25) is 4.79 Å². The minimum Gasteiger partial charge on any atom is -0.493 e. The highest BCUT2D eigenvalue weighted by Crippen LogP contribution is 2.44. The molecule has 2 aliphatic rings. The van der Waals surface area contributed by atoms with Crippen LogP contribution in [-0.2, 0) is 11.2 Å². The predicted molar refractivity (Wildman–Crippen MR) is 124 cm³/mol. The van der Waals surface area contributed by atoms with Gasteiger partial charge in [0.05, 0.1) is 6.61 Å². The third kappa shape index (κ3) is 5.36. The van der Waals surface area contributed by atoms with E-state index in [-0.39, 0.29) is 0 Å². The lowest BCUT2D eigenvalue weighted by atomic mass is 9.91. The first-order valence-corrected chi connectivity index (χ1v) is 11.7. The number of hydrogen-bond donors (Lipinski definition) is 0. The number of piperidine rings is 1. The molecule has 2 aromatic carbocycles. The van der Waals surface area contributed by atoms with Crippen molar-refractivity contribution < 1.29 is 14.3 Å². The van der Waals surface area contributed by atoms with Crippen LogP contribution in [0.3, 0.4) is 0 Å². The van der Waals surface area contributed by atoms with E-state index in [0.717, 1.165) is 61.9 Å². The van der Waals surface area contributed by atoms with E-state index in [9.17, 15) is 9.59 Å². The average Bonchev–Trinajstić information content (AvgIpc) is 3.66. The quantitative estimate of drug-likeness (QED) is 0.481. The Morgan fingerprint density at radius 1 is 1.06 bits per heavy atom. The summed E-state index contributed by atoms with van der Waals surface area (Å²) in [6, 6.07) is 14.5. The van der Waals surface area contributed by atoms with Crippen LogP contribution in [-0.4, -0.2) is 32.3 Å². The summed E-state index contributed by atoms with van der Waals surface area (Å²) in [4.78, 5) is 24.9. The van der Waals surface area contributed by atoms with E-state index in [1.165, 1.54) is 24.0 Å². The van der Waals surface area contributed by atoms with Gasteiger partial charge in [-0.05, 0) is 85.3 Å². The van der Waals surface area contributed by atoms with Gasteiger partial charge >= 0.3 is 0 Å². The van der Waals surface area contributed by atoms with Crippen molar-refractivity contribution in [2.45, 2.75) is 51.4 Å². The smallest absolute Gasteiger partial charge is 0.152 e. The summed E-state index contributed by atoms with van der Waals surface area (Å²) in [5.74, 6) is 2.43. The minimum absolute atomic E-state index is 0.343. The Bertz CT molecular complexity index is 897. The molecule has 1 atom stereocenters. The van der Waals surface area contributed by atoms with E-state index in [4.69, 9.17) is 4.74 Å². The monoisotopic (exact) mass is 419 g/mol. The molecule has 0 bridgehead atoms. The lowest BCUT2D eigenvalue weighted by molar-refractivity contribution is -0.108. The van der Waals surface area contributed by atoms with Gasteiger partial charge in [-0.2, -0.15) is 0 Å². The highest BCUT2D eigenvalue weighted by molar-refractivity contribution is 5.85. The number of carbonyl (C=O) groups is 2. The fourth-order valence-electron chi connectivity index (χ4n) is 4.78. The van der Waals surface area contributed by atoms with Crippen LogP contribution < -0.4 is 9.64 Å². The van der Waals surface area contributed by atoms with E-state index in [0.29, 0.717) is 30.8 Å². The second-order valence-corrected chi connectivity index (χ2v) is 9.02. The third-order valence-corrected chi connectivity index (χ3v) is 6.90. The first-order valence-electron chi connectivity index (χ1n) is 11.7. The number of nitrogens with zero attached hydrogens (tertiary/aromatic N) is 1. The fourth-order valence-corrected chi connectivity index (χ4v) is 4.78. The zero-order valence-electron chi connectivity index (χ0n) is 18.5. The topological polar surface area (TPSA) is 46.6 Å². The van der Waals surface area contributed by atoms with Crippen molar-refractivity contribution in [2.24, 2.45) is 11.8 Å². The average molecular weight is 420 g/mol. The Balaban J connectivity index is 1.32. The van der Waals surface area contributed by atoms with Gasteiger partial charge in [0.15, 0.2) is 6.29 Å². The Kier molecular flexibility index (Phi) is 7.06. The maximum atomic E-state index is 11.5. The van der Waals surface area contributed by atoms with Crippen molar-refractivity contribution >= 4 is 18.3 Å². The minimum atomic E-state index is 0.343. The number of rotatable bonds is 10. The lowest BCUT2D eigenvalue weighted by Gasteiger charge is -2.34. The number of anilines is 1. The molecule has 2 aromatic rings. The molecule has 4 rings (SSSR count). The predicted octanol–water partition coefficient (Wildman–Crippen LogP) is 5.44. The van der Waals surface area contributed by atoms with Crippen LogP contribution in [0.2, 0.25) is 0 Å². The number of benzene rings is 2. The summed E-state index contributed by atoms with van der Waals surface area (Å²) in [6.07, 6.45) is 8.18. The molecule has 0 radical (unpaired) electrons. The second-order valence-electron chi connectivity index (χ2n) is 9.02. The molecular formula is C27H33NO3. The number of aldehydes is 2. The molecule has 1 saturated carbocycles. The summed E-state index contributed by atoms with van der Waals surface area (Å²) >= 11 is 0. The highest BCUT2D eigenvalue weighted by atomic mass is 16.5. The summed E-state index contributed by atoms with van der Waals surface area (Å²) in [6.45, 7) is 4.76. The van der Waals surface area contributed by atoms with E-state index >= 15 is 0 Å². The largest absolute Gasteiger partial charge is 0.493 e. The second kappa shape index (κ2) is 10.1. The Morgan fingerprint density at radius 3 is 2.55 bits per heavy atom. The van der Waals surface area contributed by atoms with Crippen LogP contribution >= 0.6 is 0 Å². The van der Waals surface area contributed by atoms with Crippen LogP contribution in [0.25, 0.3) is 0 Å². The van der Waals surface area contributed by atoms with Crippen molar-refractivity contribution in [1.82, 2.24) is 0 Å². The molecule has 1 saturated heterocycles. The van der Waals surface area contributed by atoms with Gasteiger partial charge in [0, 0.05) is 30.8 Å². The maximum absolute atomic E-state index is 11.5. The van der Waals surface area contributed by atoms with Gasteiger partial charge in [-0.15, -0.1) is 0 Å². The molecule has 1 aliphatic heterocycles. The SMILES string of the molecule is CCc1ccc(C=O)c(N2CCC(COc3cccc(C(CC=O)C4CC4)c3)CC2)c1. The van der Waals surface area contributed by atoms with Gasteiger partial charge < -0.3 is 14.4 Å². The van der Waals surface area contributed by atoms with Crippen molar-refractivity contribution in [3.8, 4) is 5.75 Å². The molecule has 0 N–H and O–H groups in total. The van der Waals surface area contributed by atoms with Gasteiger partial charge in [0.2, 0.25) is 0 Å². The molecule has 1 unspecified atom stereocenters. The summed E-state index contributed by atoms with van der Waals surface area (Å²) in [5, 5.41) is 0. The van der Waals surface area contributed by atoms with Crippen LogP contribution in [0.1, 0.15) is 66.4 Å². The van der Waals surface area contributed by atoms with Crippen molar-refractivity contribution in [3.05, 3.63) is 59.2 Å². The van der Waals surface area contributed by atoms with Gasteiger partial charge in [0.25, 0.3) is 0 Å². The molecule has 1 heterocycles. The fraction of sp³-hybridized carbons (Fsp3) is 0.481. The Labute approximate surface area is 185 Å². The van der Waals surface area contributed by atoms with Crippen LogP contribution in [0.5, 0.6) is 5.75 Å². The van der Waals surface area contributed by atoms with Crippen LogP contribution in [0, 0.1) is 11.8 Å². The Hall–Kier alpha value is -2.62. The number of carbonyl (C=O) groups excluding carboxylic acids is 2. The highest BCUT2D eigenvalue weighted by Gasteiger charge is 2.32. The molecule has 31 heavy (non-hydrogen) atoms. The van der Waals surface area contributed by atoms with Crippen molar-refractivity contribution in [2.75, 3.05) is 24.6 Å². The molecule has 0 spiro atoms. The van der Waals surface area contributed by atoms with Crippen molar-refractivity contribution in [1.29, 1.82) is 0 Å². The summed E-state index contributed by atoms with van der Waals surface area (Å²) < 4.78 is 6.17. The van der Waals surface area contributed by atoms with Gasteiger partial charge in [0.1, 0.15) is 12.0 Å². The molecule has 1 aliphatic carbocycles. The molecule has 0 aromatic heterocycles. The lowest BCUT2D eigenvalue weighted by Crippen LogP contribution is -2.36. The van der Waals surface area contributed by atoms with E-state index < -0.39 is 0 Å². The number of aryl methyl sites for hydroxylation is 1. The standard InChI is InChI=1S/C27H33NO3/c1-2-20-6-7-24(18-30)27(16-20)28-13-10-21(11-14-28)19-31-25-5-3-4-23(17-25)26(12-15-29)22-8-9-22/h3-7,15-18,21-22,26H,2,8-14,19H2,1H3. The zero-order valence-corrected chi connectivity index (χ0v) is 18.5. The molecule has 0 amide bonds. The third-order valence-electron chi connectivity index (χ3n) is 6.90. The normalized spacial score (nSPS) is 17.9. The summed E-state index contributed by atoms with van der Waals surface area (Å²) in [7, 11) is 0. The molecule has 4 nitrogen and oxygen atoms in total. The first kappa shape index (κ1) is 21.6. The van der Waals surface area contributed by atoms with E-state index in [1.807, 2.05) is 18.2 Å². The summed E-state index contributed by atoms with van der Waals surface area (Å²) in [5.41, 5.74) is 4.36. The van der Waals surface area contributed by atoms with Crippen LogP contribution in [0.15, 0.2) is 42.5 Å².